The van der Waals surface area contributed by atoms with E-state index in [1.807, 2.05) is 30.3 Å². The molecule has 0 aromatic heterocycles. The highest BCUT2D eigenvalue weighted by Crippen LogP contribution is 2.10. The lowest BCUT2D eigenvalue weighted by Gasteiger charge is -2.23. The largest absolute Gasteiger partial charge is 0.403 e. The maximum absolute atomic E-state index is 11.7. The van der Waals surface area contributed by atoms with Gasteiger partial charge in [-0.2, -0.15) is 0 Å². The molecule has 92 valence electrons. The summed E-state index contributed by atoms with van der Waals surface area (Å²) in [5.41, 5.74) is 7.12. The molecule has 0 aliphatic carbocycles. The average molecular weight is 234 g/mol. The monoisotopic (exact) mass is 234 g/mol. The van der Waals surface area contributed by atoms with Gasteiger partial charge in [-0.05, 0) is 5.56 Å². The molecule has 0 aliphatic heterocycles. The van der Waals surface area contributed by atoms with Crippen molar-refractivity contribution in [2.75, 3.05) is 14.1 Å². The molecule has 0 atom stereocenters. The van der Waals surface area contributed by atoms with Crippen molar-refractivity contribution in [3.8, 4) is 0 Å². The lowest BCUT2D eigenvalue weighted by molar-refractivity contribution is 0.184. The van der Waals surface area contributed by atoms with Crippen LogP contribution in [0.1, 0.15) is 5.56 Å². The Kier molecular flexibility index (Phi) is 4.54. The van der Waals surface area contributed by atoms with Crippen LogP contribution in [0.25, 0.3) is 0 Å². The Morgan fingerprint density at radius 2 is 1.88 bits per heavy atom. The molecule has 0 spiro atoms. The van der Waals surface area contributed by atoms with Crippen molar-refractivity contribution in [1.29, 1.82) is 0 Å². The number of hydrazine groups is 1. The summed E-state index contributed by atoms with van der Waals surface area (Å²) in [6.45, 7) is 0. The Morgan fingerprint density at radius 1 is 1.29 bits per heavy atom. The first-order valence-corrected chi connectivity index (χ1v) is 5.27. The average Bonchev–Trinajstić information content (AvgIpc) is 2.35. The summed E-state index contributed by atoms with van der Waals surface area (Å²) in [7, 11) is 3.28. The lowest BCUT2D eigenvalue weighted by atomic mass is 10.1. The topological polar surface area (TPSA) is 75.6 Å². The van der Waals surface area contributed by atoms with Crippen LogP contribution in [0.3, 0.4) is 0 Å². The summed E-state index contributed by atoms with van der Waals surface area (Å²) in [6.07, 6.45) is 1.88. The molecule has 17 heavy (non-hydrogen) atoms. The lowest BCUT2D eigenvalue weighted by Crippen LogP contribution is -2.44. The Labute approximate surface area is 101 Å². The minimum Gasteiger partial charge on any atom is -0.403 e. The number of rotatable bonds is 3. The van der Waals surface area contributed by atoms with Crippen LogP contribution in [0, 0.1) is 0 Å². The van der Waals surface area contributed by atoms with E-state index in [1.165, 1.54) is 11.1 Å². The third kappa shape index (κ3) is 3.49. The number of nitrogens with zero attached hydrogens (tertiary/aromatic N) is 2. The second kappa shape index (κ2) is 5.91. The molecular weight excluding hydrogens is 216 g/mol. The number of hydrogen-bond donors (Lipinski definition) is 2. The van der Waals surface area contributed by atoms with Gasteiger partial charge in [0.05, 0.1) is 5.70 Å². The first kappa shape index (κ1) is 13.1. The number of carbonyl (C=O) groups is 1. The van der Waals surface area contributed by atoms with Crippen molar-refractivity contribution in [3.63, 3.8) is 0 Å². The van der Waals surface area contributed by atoms with Crippen molar-refractivity contribution < 1.29 is 4.79 Å². The van der Waals surface area contributed by atoms with E-state index in [9.17, 15) is 4.79 Å². The van der Waals surface area contributed by atoms with Gasteiger partial charge < -0.3 is 10.6 Å². The first-order valence-electron chi connectivity index (χ1n) is 5.27. The Bertz CT molecular complexity index is 400. The van der Waals surface area contributed by atoms with Gasteiger partial charge in [0.1, 0.15) is 0 Å². The summed E-state index contributed by atoms with van der Waals surface area (Å²) in [4.78, 5) is 13.1. The fourth-order valence-corrected chi connectivity index (χ4v) is 1.37. The molecule has 4 N–H and O–H groups in total. The molecule has 0 aliphatic rings. The van der Waals surface area contributed by atoms with Crippen molar-refractivity contribution in [3.05, 3.63) is 47.8 Å². The van der Waals surface area contributed by atoms with Gasteiger partial charge in [-0.3, -0.25) is 0 Å². The van der Waals surface area contributed by atoms with Gasteiger partial charge in [0.2, 0.25) is 0 Å². The molecule has 0 unspecified atom stereocenters. The molecule has 0 saturated heterocycles. The van der Waals surface area contributed by atoms with Crippen LogP contribution in [-0.4, -0.2) is 30.0 Å². The number of benzene rings is 1. The highest BCUT2D eigenvalue weighted by molar-refractivity contribution is 5.75. The number of urea groups is 1. The molecule has 5 nitrogen and oxygen atoms in total. The summed E-state index contributed by atoms with van der Waals surface area (Å²) >= 11 is 0. The minimum atomic E-state index is -0.308. The van der Waals surface area contributed by atoms with E-state index in [4.69, 9.17) is 11.6 Å². The van der Waals surface area contributed by atoms with Gasteiger partial charge in [0, 0.05) is 26.7 Å². The zero-order chi connectivity index (χ0) is 12.8. The molecule has 0 heterocycles. The minimum absolute atomic E-state index is 0.308. The van der Waals surface area contributed by atoms with Crippen LogP contribution in [0.5, 0.6) is 0 Å². The van der Waals surface area contributed by atoms with Crippen LogP contribution in [0.4, 0.5) is 4.79 Å². The van der Waals surface area contributed by atoms with Crippen molar-refractivity contribution >= 4 is 6.03 Å². The van der Waals surface area contributed by atoms with Crippen LogP contribution < -0.4 is 11.6 Å². The van der Waals surface area contributed by atoms with Crippen LogP contribution in [0.2, 0.25) is 0 Å². The predicted molar refractivity (Wildman–Crippen MR) is 67.5 cm³/mol. The fraction of sp³-hybridized carbons (Fsp3) is 0.250. The van der Waals surface area contributed by atoms with Gasteiger partial charge in [-0.15, -0.1) is 0 Å². The van der Waals surface area contributed by atoms with E-state index in [0.29, 0.717) is 12.1 Å². The Morgan fingerprint density at radius 3 is 2.35 bits per heavy atom. The molecule has 1 rings (SSSR count). The number of hydrogen-bond acceptors (Lipinski definition) is 3. The van der Waals surface area contributed by atoms with Gasteiger partial charge in [-0.1, -0.05) is 30.3 Å². The summed E-state index contributed by atoms with van der Waals surface area (Å²) in [6, 6.07) is 9.39. The first-order chi connectivity index (χ1) is 8.06. The van der Waals surface area contributed by atoms with Gasteiger partial charge >= 0.3 is 6.03 Å². The fourth-order valence-electron chi connectivity index (χ4n) is 1.37. The van der Waals surface area contributed by atoms with Gasteiger partial charge in [-0.25, -0.2) is 15.6 Å². The van der Waals surface area contributed by atoms with E-state index < -0.39 is 0 Å². The summed E-state index contributed by atoms with van der Waals surface area (Å²) in [5.74, 6) is 5.71. The standard InChI is InChI=1S/C12H18N4O/c1-15(2)12(17)16(14)11(9-13)8-10-6-4-3-5-7-10/h3-7,9H,8,13-14H2,1-2H3/b11-9-. The van der Waals surface area contributed by atoms with Crippen molar-refractivity contribution in [2.45, 2.75) is 6.42 Å². The smallest absolute Gasteiger partial charge is 0.338 e. The molecule has 0 fully saturated rings. The molecule has 1 aromatic carbocycles. The van der Waals surface area contributed by atoms with E-state index in [-0.39, 0.29) is 6.03 Å². The molecule has 0 saturated carbocycles. The van der Waals surface area contributed by atoms with E-state index in [1.54, 1.807) is 14.1 Å². The number of amides is 2. The maximum atomic E-state index is 11.7. The molecule has 2 amide bonds. The highest BCUT2D eigenvalue weighted by Gasteiger charge is 2.15. The maximum Gasteiger partial charge on any atom is 0.338 e. The molecular formula is C12H18N4O. The Hall–Kier alpha value is -2.01. The van der Waals surface area contributed by atoms with Crippen molar-refractivity contribution in [1.82, 2.24) is 9.91 Å². The van der Waals surface area contributed by atoms with Crippen LogP contribution in [0.15, 0.2) is 42.2 Å². The molecule has 0 radical (unpaired) electrons. The SMILES string of the molecule is CN(C)C(=O)N(N)/C(=C\N)Cc1ccccc1. The van der Waals surface area contributed by atoms with Gasteiger partial charge in [0.15, 0.2) is 0 Å². The summed E-state index contributed by atoms with van der Waals surface area (Å²) < 4.78 is 0. The van der Waals surface area contributed by atoms with Crippen LogP contribution >= 0.6 is 0 Å². The predicted octanol–water partition coefficient (Wildman–Crippen LogP) is 0.887. The van der Waals surface area contributed by atoms with E-state index in [2.05, 4.69) is 0 Å². The second-order valence-corrected chi connectivity index (χ2v) is 3.87. The van der Waals surface area contributed by atoms with Gasteiger partial charge in [0.25, 0.3) is 0 Å². The zero-order valence-electron chi connectivity index (χ0n) is 10.1. The molecule has 5 heteroatoms. The molecule has 1 aromatic rings. The number of carbonyl (C=O) groups excluding carboxylic acids is 1. The second-order valence-electron chi connectivity index (χ2n) is 3.87. The molecule has 0 bridgehead atoms. The Balaban J connectivity index is 2.77. The zero-order valence-corrected chi connectivity index (χ0v) is 10.1. The third-order valence-corrected chi connectivity index (χ3v) is 2.32. The third-order valence-electron chi connectivity index (χ3n) is 2.32. The van der Waals surface area contributed by atoms with Crippen molar-refractivity contribution in [2.24, 2.45) is 11.6 Å². The van der Waals surface area contributed by atoms with E-state index in [0.717, 1.165) is 10.6 Å². The summed E-state index contributed by atoms with van der Waals surface area (Å²) in [5, 5.41) is 1.06. The number of allylic oxidation sites excluding steroid dienone is 1. The normalized spacial score (nSPS) is 11.1. The highest BCUT2D eigenvalue weighted by atomic mass is 16.2. The van der Waals surface area contributed by atoms with Crippen LogP contribution in [-0.2, 0) is 6.42 Å². The number of nitrogens with two attached hydrogens (primary N) is 2. The quantitative estimate of drug-likeness (QED) is 0.463. The van der Waals surface area contributed by atoms with E-state index >= 15 is 0 Å².